The number of nitrogens with zero attached hydrogens (tertiary/aromatic N) is 2. The molecule has 1 aliphatic heterocycles. The van der Waals surface area contributed by atoms with Crippen LogP contribution in [0.2, 0.25) is 0 Å². The number of piperidine rings is 1. The molecule has 0 spiro atoms. The summed E-state index contributed by atoms with van der Waals surface area (Å²) in [6.07, 6.45) is 4.80. The van der Waals surface area contributed by atoms with Crippen LogP contribution < -0.4 is 5.32 Å². The Hall–Kier alpha value is -1.24. The molecule has 2 aromatic rings. The summed E-state index contributed by atoms with van der Waals surface area (Å²) in [4.78, 5) is 20.5. The second-order valence-corrected chi connectivity index (χ2v) is 7.77. The zero-order valence-electron chi connectivity index (χ0n) is 12.9. The fraction of sp³-hybridized carbons (Fsp3) is 0.412. The van der Waals surface area contributed by atoms with Crippen LogP contribution in [-0.2, 0) is 11.2 Å². The van der Waals surface area contributed by atoms with E-state index in [1.807, 2.05) is 12.1 Å². The molecular weight excluding hydrogens is 374 g/mol. The first-order valence-corrected chi connectivity index (χ1v) is 9.55. The first kappa shape index (κ1) is 16.6. The van der Waals surface area contributed by atoms with Crippen molar-refractivity contribution in [3.8, 4) is 0 Å². The van der Waals surface area contributed by atoms with E-state index in [1.165, 1.54) is 4.88 Å². The van der Waals surface area contributed by atoms with Crippen molar-refractivity contribution in [1.82, 2.24) is 9.88 Å². The van der Waals surface area contributed by atoms with E-state index in [4.69, 9.17) is 0 Å². The highest BCUT2D eigenvalue weighted by Crippen LogP contribution is 2.20. The Kier molecular flexibility index (Phi) is 5.80. The average Bonchev–Trinajstić information content (AvgIpc) is 3.09. The summed E-state index contributed by atoms with van der Waals surface area (Å²) in [5.41, 5.74) is 0. The molecule has 1 atom stereocenters. The van der Waals surface area contributed by atoms with Crippen LogP contribution in [0.25, 0.3) is 0 Å². The van der Waals surface area contributed by atoms with Gasteiger partial charge in [-0.05, 0) is 65.3 Å². The van der Waals surface area contributed by atoms with Crippen molar-refractivity contribution in [3.05, 3.63) is 45.2 Å². The Bertz CT molecular complexity index is 630. The molecule has 122 valence electrons. The first-order chi connectivity index (χ1) is 11.2. The highest BCUT2D eigenvalue weighted by atomic mass is 79.9. The molecule has 0 radical (unpaired) electrons. The number of carbonyl (C=O) groups excluding carboxylic acids is 1. The van der Waals surface area contributed by atoms with Crippen molar-refractivity contribution in [1.29, 1.82) is 0 Å². The zero-order chi connectivity index (χ0) is 16.1. The minimum atomic E-state index is 0.0533. The number of likely N-dealkylation sites (tertiary alicyclic amines) is 1. The highest BCUT2D eigenvalue weighted by Gasteiger charge is 2.25. The van der Waals surface area contributed by atoms with Crippen molar-refractivity contribution in [3.63, 3.8) is 0 Å². The molecule has 3 heterocycles. The third kappa shape index (κ3) is 4.86. The number of rotatable bonds is 5. The van der Waals surface area contributed by atoms with Gasteiger partial charge in [-0.15, -0.1) is 11.3 Å². The van der Waals surface area contributed by atoms with Gasteiger partial charge in [0.05, 0.1) is 5.92 Å². The van der Waals surface area contributed by atoms with Gasteiger partial charge in [-0.2, -0.15) is 0 Å². The third-order valence-corrected chi connectivity index (χ3v) is 5.51. The van der Waals surface area contributed by atoms with Gasteiger partial charge in [0.2, 0.25) is 5.91 Å². The van der Waals surface area contributed by atoms with Crippen molar-refractivity contribution in [2.24, 2.45) is 5.92 Å². The quantitative estimate of drug-likeness (QED) is 0.839. The van der Waals surface area contributed by atoms with Crippen molar-refractivity contribution in [2.45, 2.75) is 19.3 Å². The molecule has 0 bridgehead atoms. The Balaban J connectivity index is 1.50. The van der Waals surface area contributed by atoms with Gasteiger partial charge in [-0.3, -0.25) is 4.79 Å². The minimum Gasteiger partial charge on any atom is -0.310 e. The maximum Gasteiger partial charge on any atom is 0.229 e. The first-order valence-electron chi connectivity index (χ1n) is 7.88. The molecular formula is C17H20BrN3OS. The van der Waals surface area contributed by atoms with Crippen LogP contribution >= 0.6 is 27.3 Å². The maximum atomic E-state index is 12.4. The Morgan fingerprint density at radius 3 is 3.09 bits per heavy atom. The Morgan fingerprint density at radius 1 is 1.43 bits per heavy atom. The van der Waals surface area contributed by atoms with Gasteiger partial charge in [-0.1, -0.05) is 6.07 Å². The second kappa shape index (κ2) is 8.04. The van der Waals surface area contributed by atoms with Crippen LogP contribution in [0.1, 0.15) is 17.7 Å². The Labute approximate surface area is 149 Å². The van der Waals surface area contributed by atoms with Crippen LogP contribution in [0.5, 0.6) is 0 Å². The molecule has 1 unspecified atom stereocenters. The van der Waals surface area contributed by atoms with E-state index in [1.54, 1.807) is 17.5 Å². The number of hydrogen-bond acceptors (Lipinski definition) is 4. The lowest BCUT2D eigenvalue weighted by Crippen LogP contribution is -2.41. The number of carbonyl (C=O) groups is 1. The van der Waals surface area contributed by atoms with Gasteiger partial charge in [0.1, 0.15) is 5.82 Å². The van der Waals surface area contributed by atoms with E-state index in [9.17, 15) is 4.79 Å². The summed E-state index contributed by atoms with van der Waals surface area (Å²) in [5, 5.41) is 5.05. The van der Waals surface area contributed by atoms with Crippen LogP contribution in [0.15, 0.2) is 40.3 Å². The SMILES string of the molecule is O=C(Nc1ccc(Br)cn1)C1CCCN(CCc2cccs2)C1. The normalized spacial score (nSPS) is 18.7. The van der Waals surface area contributed by atoms with Crippen LogP contribution in [-0.4, -0.2) is 35.4 Å². The molecule has 3 rings (SSSR count). The Morgan fingerprint density at radius 2 is 2.35 bits per heavy atom. The fourth-order valence-corrected chi connectivity index (χ4v) is 3.81. The third-order valence-electron chi connectivity index (χ3n) is 4.11. The van der Waals surface area contributed by atoms with Gasteiger partial charge >= 0.3 is 0 Å². The van der Waals surface area contributed by atoms with E-state index in [0.29, 0.717) is 5.82 Å². The molecule has 1 aliphatic rings. The number of anilines is 1. The van der Waals surface area contributed by atoms with Gasteiger partial charge in [0.25, 0.3) is 0 Å². The molecule has 2 aromatic heterocycles. The van der Waals surface area contributed by atoms with E-state index in [0.717, 1.165) is 43.4 Å². The molecule has 0 aliphatic carbocycles. The van der Waals surface area contributed by atoms with Crippen molar-refractivity contribution < 1.29 is 4.79 Å². The summed E-state index contributed by atoms with van der Waals surface area (Å²) in [6.45, 7) is 2.96. The van der Waals surface area contributed by atoms with Crippen molar-refractivity contribution in [2.75, 3.05) is 25.0 Å². The summed E-state index contributed by atoms with van der Waals surface area (Å²) in [5.74, 6) is 0.757. The number of pyridine rings is 1. The molecule has 0 aromatic carbocycles. The highest BCUT2D eigenvalue weighted by molar-refractivity contribution is 9.10. The molecule has 4 nitrogen and oxygen atoms in total. The van der Waals surface area contributed by atoms with Crippen LogP contribution in [0.3, 0.4) is 0 Å². The lowest BCUT2D eigenvalue weighted by atomic mass is 9.97. The smallest absolute Gasteiger partial charge is 0.229 e. The largest absolute Gasteiger partial charge is 0.310 e. The van der Waals surface area contributed by atoms with Crippen molar-refractivity contribution >= 4 is 39.0 Å². The molecule has 1 fully saturated rings. The number of hydrogen-bond donors (Lipinski definition) is 1. The molecule has 0 saturated carbocycles. The number of amides is 1. The van der Waals surface area contributed by atoms with E-state index in [-0.39, 0.29) is 11.8 Å². The summed E-state index contributed by atoms with van der Waals surface area (Å²) >= 11 is 5.15. The van der Waals surface area contributed by atoms with E-state index < -0.39 is 0 Å². The predicted molar refractivity (Wildman–Crippen MR) is 97.8 cm³/mol. The minimum absolute atomic E-state index is 0.0533. The van der Waals surface area contributed by atoms with Gasteiger partial charge in [-0.25, -0.2) is 4.98 Å². The van der Waals surface area contributed by atoms with Gasteiger partial charge < -0.3 is 10.2 Å². The summed E-state index contributed by atoms with van der Waals surface area (Å²) in [6, 6.07) is 7.98. The predicted octanol–water partition coefficient (Wildman–Crippen LogP) is 3.80. The zero-order valence-corrected chi connectivity index (χ0v) is 15.3. The van der Waals surface area contributed by atoms with Gasteiger partial charge in [0.15, 0.2) is 0 Å². The molecule has 1 N–H and O–H groups in total. The fourth-order valence-electron chi connectivity index (χ4n) is 2.87. The molecule has 1 saturated heterocycles. The maximum absolute atomic E-state index is 12.4. The lowest BCUT2D eigenvalue weighted by Gasteiger charge is -2.31. The number of aromatic nitrogens is 1. The summed E-state index contributed by atoms with van der Waals surface area (Å²) in [7, 11) is 0. The van der Waals surface area contributed by atoms with Gasteiger partial charge in [0, 0.05) is 28.6 Å². The molecule has 23 heavy (non-hydrogen) atoms. The standard InChI is InChI=1S/C17H20BrN3OS/c18-14-5-6-16(19-11-14)20-17(22)13-3-1-8-21(12-13)9-7-15-4-2-10-23-15/h2,4-6,10-11,13H,1,3,7-9,12H2,(H,19,20,22). The lowest BCUT2D eigenvalue weighted by molar-refractivity contribution is -0.121. The van der Waals surface area contributed by atoms with E-state index in [2.05, 4.69) is 48.6 Å². The monoisotopic (exact) mass is 393 g/mol. The van der Waals surface area contributed by atoms with E-state index >= 15 is 0 Å². The molecule has 1 amide bonds. The number of halogens is 1. The number of thiophene rings is 1. The van der Waals surface area contributed by atoms with Crippen LogP contribution in [0.4, 0.5) is 5.82 Å². The van der Waals surface area contributed by atoms with Crippen LogP contribution in [0, 0.1) is 5.92 Å². The number of nitrogens with one attached hydrogen (secondary N) is 1. The molecule has 6 heteroatoms. The summed E-state index contributed by atoms with van der Waals surface area (Å²) < 4.78 is 0.910. The second-order valence-electron chi connectivity index (χ2n) is 5.82. The topological polar surface area (TPSA) is 45.2 Å². The average molecular weight is 394 g/mol.